The van der Waals surface area contributed by atoms with Crippen molar-refractivity contribution in [2.45, 2.75) is 6.54 Å². The van der Waals surface area contributed by atoms with Gasteiger partial charge in [0.15, 0.2) is 0 Å². The Balaban J connectivity index is 1.61. The Kier molecular flexibility index (Phi) is 5.85. The Morgan fingerprint density at radius 3 is 2.54 bits per heavy atom. The standard InChI is InChI=1S/C19H15N3O5S/c23-17(10-7-14-3-1-2-4-16(14)22(26)27)20-15-8-5-13(6-9-15)11-21-18(24)12-28-19(21)25/h1-10H,11-12H2,(H,20,23)/b10-7-. The molecule has 0 radical (unpaired) electrons. The average Bonchev–Trinajstić information content (AvgIpc) is 3.00. The number of thioether (sulfide) groups is 1. The number of benzene rings is 2. The smallest absolute Gasteiger partial charge is 0.289 e. The summed E-state index contributed by atoms with van der Waals surface area (Å²) in [6.45, 7) is 0.191. The fourth-order valence-electron chi connectivity index (χ4n) is 2.55. The van der Waals surface area contributed by atoms with Gasteiger partial charge in [-0.3, -0.25) is 29.4 Å². The minimum absolute atomic E-state index is 0.0833. The highest BCUT2D eigenvalue weighted by atomic mass is 32.2. The molecule has 2 aromatic carbocycles. The second-order valence-corrected chi connectivity index (χ2v) is 6.80. The highest BCUT2D eigenvalue weighted by Crippen LogP contribution is 2.22. The van der Waals surface area contributed by atoms with Gasteiger partial charge in [0.2, 0.25) is 11.8 Å². The highest BCUT2D eigenvalue weighted by Gasteiger charge is 2.29. The minimum Gasteiger partial charge on any atom is -0.323 e. The molecule has 0 spiro atoms. The van der Waals surface area contributed by atoms with Gasteiger partial charge in [0, 0.05) is 17.8 Å². The molecule has 2 aromatic rings. The van der Waals surface area contributed by atoms with E-state index in [1.165, 1.54) is 23.1 Å². The van der Waals surface area contributed by atoms with Crippen LogP contribution in [0.15, 0.2) is 54.6 Å². The van der Waals surface area contributed by atoms with Gasteiger partial charge < -0.3 is 5.32 Å². The SMILES string of the molecule is O=C(/C=C\c1ccccc1[N+](=O)[O-])Nc1ccc(CN2C(=O)CSC2=O)cc1. The van der Waals surface area contributed by atoms with Crippen LogP contribution in [0.5, 0.6) is 0 Å². The van der Waals surface area contributed by atoms with Gasteiger partial charge in [0.1, 0.15) is 0 Å². The molecule has 8 nitrogen and oxygen atoms in total. The Morgan fingerprint density at radius 2 is 1.89 bits per heavy atom. The maximum atomic E-state index is 12.0. The molecule has 0 aromatic heterocycles. The summed E-state index contributed by atoms with van der Waals surface area (Å²) in [4.78, 5) is 47.0. The van der Waals surface area contributed by atoms with E-state index in [-0.39, 0.29) is 29.1 Å². The Hall–Kier alpha value is -3.46. The number of carbonyl (C=O) groups is 3. The lowest BCUT2D eigenvalue weighted by Gasteiger charge is -2.13. The summed E-state index contributed by atoms with van der Waals surface area (Å²) in [5, 5.41) is 13.4. The summed E-state index contributed by atoms with van der Waals surface area (Å²) in [5.41, 5.74) is 1.53. The number of nitrogens with one attached hydrogen (secondary N) is 1. The molecule has 28 heavy (non-hydrogen) atoms. The van der Waals surface area contributed by atoms with E-state index in [2.05, 4.69) is 5.32 Å². The van der Waals surface area contributed by atoms with Crippen LogP contribution in [0.25, 0.3) is 6.08 Å². The third-order valence-corrected chi connectivity index (χ3v) is 4.81. The molecular weight excluding hydrogens is 382 g/mol. The number of carbonyl (C=O) groups excluding carboxylic acids is 3. The van der Waals surface area contributed by atoms with Crippen LogP contribution in [0.1, 0.15) is 11.1 Å². The van der Waals surface area contributed by atoms with Gasteiger partial charge in [-0.05, 0) is 29.8 Å². The molecule has 0 atom stereocenters. The molecule has 3 rings (SSSR count). The Bertz CT molecular complexity index is 956. The predicted octanol–water partition coefficient (Wildman–Crippen LogP) is 3.44. The van der Waals surface area contributed by atoms with Gasteiger partial charge >= 0.3 is 0 Å². The topological polar surface area (TPSA) is 110 Å². The summed E-state index contributed by atoms with van der Waals surface area (Å²) in [5.74, 6) is -0.487. The first-order valence-corrected chi connectivity index (χ1v) is 9.21. The number of nitro groups is 1. The molecule has 0 saturated carbocycles. The predicted molar refractivity (Wildman–Crippen MR) is 106 cm³/mol. The second kappa shape index (κ2) is 8.49. The maximum Gasteiger partial charge on any atom is 0.289 e. The van der Waals surface area contributed by atoms with Crippen LogP contribution in [0, 0.1) is 10.1 Å². The third-order valence-electron chi connectivity index (χ3n) is 3.95. The molecule has 1 aliphatic heterocycles. The van der Waals surface area contributed by atoms with Crippen LogP contribution in [0.3, 0.4) is 0 Å². The molecule has 0 bridgehead atoms. The summed E-state index contributed by atoms with van der Waals surface area (Å²) >= 11 is 0.981. The van der Waals surface area contributed by atoms with Crippen LogP contribution in [0.4, 0.5) is 16.2 Å². The first-order valence-electron chi connectivity index (χ1n) is 8.22. The molecule has 0 aliphatic carbocycles. The third kappa shape index (κ3) is 4.63. The average molecular weight is 397 g/mol. The van der Waals surface area contributed by atoms with E-state index in [0.717, 1.165) is 17.3 Å². The van der Waals surface area contributed by atoms with Gasteiger partial charge in [0.05, 0.1) is 22.8 Å². The zero-order valence-corrected chi connectivity index (χ0v) is 15.3. The van der Waals surface area contributed by atoms with Gasteiger partial charge in [0.25, 0.3) is 10.9 Å². The number of anilines is 1. The number of amides is 3. The summed E-state index contributed by atoms with van der Waals surface area (Å²) < 4.78 is 0. The fourth-order valence-corrected chi connectivity index (χ4v) is 3.28. The van der Waals surface area contributed by atoms with Crippen molar-refractivity contribution in [3.05, 3.63) is 75.8 Å². The van der Waals surface area contributed by atoms with E-state index in [1.807, 2.05) is 0 Å². The first kappa shape index (κ1) is 19.3. The van der Waals surface area contributed by atoms with E-state index in [0.29, 0.717) is 11.3 Å². The van der Waals surface area contributed by atoms with E-state index >= 15 is 0 Å². The first-order chi connectivity index (χ1) is 13.4. The number of para-hydroxylation sites is 1. The van der Waals surface area contributed by atoms with Crippen molar-refractivity contribution in [2.75, 3.05) is 11.1 Å². The molecule has 1 aliphatic rings. The number of nitro benzene ring substituents is 1. The summed E-state index contributed by atoms with van der Waals surface area (Å²) in [6, 6.07) is 12.9. The van der Waals surface area contributed by atoms with Crippen LogP contribution in [0.2, 0.25) is 0 Å². The van der Waals surface area contributed by atoms with Gasteiger partial charge in [-0.1, -0.05) is 36.0 Å². The van der Waals surface area contributed by atoms with Crippen molar-refractivity contribution in [2.24, 2.45) is 0 Å². The van der Waals surface area contributed by atoms with Crippen molar-refractivity contribution in [3.8, 4) is 0 Å². The maximum absolute atomic E-state index is 12.0. The van der Waals surface area contributed by atoms with Crippen LogP contribution in [-0.4, -0.2) is 32.6 Å². The number of hydrogen-bond donors (Lipinski definition) is 1. The van der Waals surface area contributed by atoms with Crippen LogP contribution < -0.4 is 5.32 Å². The lowest BCUT2D eigenvalue weighted by molar-refractivity contribution is -0.385. The van der Waals surface area contributed by atoms with Crippen molar-refractivity contribution in [1.29, 1.82) is 0 Å². The molecule has 0 unspecified atom stereocenters. The monoisotopic (exact) mass is 397 g/mol. The molecule has 1 saturated heterocycles. The van der Waals surface area contributed by atoms with Crippen LogP contribution in [-0.2, 0) is 16.1 Å². The van der Waals surface area contributed by atoms with Crippen molar-refractivity contribution in [1.82, 2.24) is 4.90 Å². The molecule has 142 valence electrons. The number of hydrogen-bond acceptors (Lipinski definition) is 6. The lowest BCUT2D eigenvalue weighted by Crippen LogP contribution is -2.27. The molecule has 9 heteroatoms. The Morgan fingerprint density at radius 1 is 1.18 bits per heavy atom. The Labute approximate surface area is 164 Å². The minimum atomic E-state index is -0.509. The molecule has 3 amide bonds. The van der Waals surface area contributed by atoms with Crippen molar-refractivity contribution in [3.63, 3.8) is 0 Å². The summed E-state index contributed by atoms with van der Waals surface area (Å²) in [7, 11) is 0. The van der Waals surface area contributed by atoms with E-state index < -0.39 is 10.8 Å². The molecule has 1 fully saturated rings. The molecular formula is C19H15N3O5S. The molecule has 1 N–H and O–H groups in total. The van der Waals surface area contributed by atoms with Gasteiger partial charge in [-0.15, -0.1) is 0 Å². The normalized spacial score (nSPS) is 13.9. The van der Waals surface area contributed by atoms with E-state index in [9.17, 15) is 24.5 Å². The van der Waals surface area contributed by atoms with Crippen molar-refractivity contribution < 1.29 is 19.3 Å². The molecule has 1 heterocycles. The van der Waals surface area contributed by atoms with Crippen LogP contribution >= 0.6 is 11.8 Å². The lowest BCUT2D eigenvalue weighted by atomic mass is 10.1. The van der Waals surface area contributed by atoms with Gasteiger partial charge in [-0.25, -0.2) is 0 Å². The number of nitrogens with zero attached hydrogens (tertiary/aromatic N) is 2. The quantitative estimate of drug-likeness (QED) is 0.454. The zero-order valence-electron chi connectivity index (χ0n) is 14.5. The van der Waals surface area contributed by atoms with E-state index in [4.69, 9.17) is 0 Å². The number of imide groups is 1. The fraction of sp³-hybridized carbons (Fsp3) is 0.105. The van der Waals surface area contributed by atoms with Crippen molar-refractivity contribution >= 4 is 46.3 Å². The highest BCUT2D eigenvalue weighted by molar-refractivity contribution is 8.14. The second-order valence-electron chi connectivity index (χ2n) is 5.87. The number of rotatable bonds is 6. The van der Waals surface area contributed by atoms with E-state index in [1.54, 1.807) is 42.5 Å². The summed E-state index contributed by atoms with van der Waals surface area (Å²) in [6.07, 6.45) is 2.60. The van der Waals surface area contributed by atoms with Gasteiger partial charge in [-0.2, -0.15) is 0 Å². The largest absolute Gasteiger partial charge is 0.323 e. The zero-order chi connectivity index (χ0) is 20.1.